The lowest BCUT2D eigenvalue weighted by molar-refractivity contribution is -0.142. The van der Waals surface area contributed by atoms with Gasteiger partial charge in [0, 0.05) is 0 Å². The molecule has 0 radical (unpaired) electrons. The van der Waals surface area contributed by atoms with Crippen molar-refractivity contribution in [1.29, 1.82) is 0 Å². The Morgan fingerprint density at radius 2 is 2.40 bits per heavy atom. The molecule has 1 saturated carbocycles. The largest absolute Gasteiger partial charge is 0.466 e. The highest BCUT2D eigenvalue weighted by Crippen LogP contribution is 2.27. The van der Waals surface area contributed by atoms with Crippen LogP contribution >= 0.6 is 0 Å². The number of ether oxygens (including phenoxy) is 1. The first-order valence-corrected chi connectivity index (χ1v) is 5.83. The molecule has 0 N–H and O–H groups in total. The van der Waals surface area contributed by atoms with E-state index in [0.717, 1.165) is 6.42 Å². The Labute approximate surface area is 92.0 Å². The summed E-state index contributed by atoms with van der Waals surface area (Å²) in [6.07, 6.45) is 7.15. The Kier molecular flexibility index (Phi) is 5.20. The van der Waals surface area contributed by atoms with Gasteiger partial charge in [-0.1, -0.05) is 13.3 Å². The van der Waals surface area contributed by atoms with Gasteiger partial charge in [-0.3, -0.25) is 4.79 Å². The number of esters is 1. The van der Waals surface area contributed by atoms with Crippen molar-refractivity contribution < 1.29 is 9.53 Å². The Hall–Kier alpha value is -1.01. The van der Waals surface area contributed by atoms with Crippen LogP contribution in [0.25, 0.3) is 0 Å². The first kappa shape index (κ1) is 12.1. The smallest absolute Gasteiger partial charge is 0.310 e. The molecule has 0 saturated heterocycles. The van der Waals surface area contributed by atoms with Gasteiger partial charge < -0.3 is 4.74 Å². The van der Waals surface area contributed by atoms with Crippen LogP contribution in [0, 0.1) is 5.92 Å². The molecule has 1 aliphatic carbocycles. The summed E-state index contributed by atoms with van der Waals surface area (Å²) in [5.74, 6) is 0.478. The molecule has 2 nitrogen and oxygen atoms in total. The van der Waals surface area contributed by atoms with Gasteiger partial charge in [0.25, 0.3) is 0 Å². The molecule has 1 aliphatic rings. The van der Waals surface area contributed by atoms with E-state index < -0.39 is 0 Å². The minimum atomic E-state index is -0.158. The molecule has 0 aliphatic heterocycles. The summed E-state index contributed by atoms with van der Waals surface area (Å²) in [7, 11) is 0. The summed E-state index contributed by atoms with van der Waals surface area (Å²) in [5.41, 5.74) is 4.62. The van der Waals surface area contributed by atoms with Gasteiger partial charge in [0.15, 0.2) is 0 Å². The summed E-state index contributed by atoms with van der Waals surface area (Å²) in [6, 6.07) is 0. The fourth-order valence-corrected chi connectivity index (χ4v) is 1.89. The molecule has 1 atom stereocenters. The highest BCUT2D eigenvalue weighted by molar-refractivity contribution is 5.71. The van der Waals surface area contributed by atoms with Gasteiger partial charge in [0.1, 0.15) is 0 Å². The van der Waals surface area contributed by atoms with Crippen molar-refractivity contribution in [3.8, 4) is 0 Å². The van der Waals surface area contributed by atoms with Crippen molar-refractivity contribution in [3.05, 3.63) is 17.4 Å². The molecule has 0 spiro atoms. The van der Waals surface area contributed by atoms with E-state index in [-0.39, 0.29) is 5.97 Å². The molecule has 0 aromatic heterocycles. The molecule has 0 amide bonds. The molecule has 1 rings (SSSR count). The summed E-state index contributed by atoms with van der Waals surface area (Å²) < 4.78 is 4.84. The van der Waals surface area contributed by atoms with Gasteiger partial charge in [-0.05, 0) is 43.8 Å². The molecular formula is C13H20O2. The predicted molar refractivity (Wildman–Crippen MR) is 60.5 cm³/mol. The van der Waals surface area contributed by atoms with E-state index in [1.807, 2.05) is 13.0 Å². The van der Waals surface area contributed by atoms with Crippen LogP contribution < -0.4 is 0 Å². The number of hydrogen-bond acceptors (Lipinski definition) is 2. The third-order valence-electron chi connectivity index (χ3n) is 2.79. The Morgan fingerprint density at radius 1 is 1.60 bits per heavy atom. The molecule has 0 aromatic rings. The molecule has 0 heterocycles. The second-order valence-corrected chi connectivity index (χ2v) is 4.03. The molecule has 15 heavy (non-hydrogen) atoms. The maximum Gasteiger partial charge on any atom is 0.310 e. The van der Waals surface area contributed by atoms with Crippen LogP contribution in [-0.2, 0) is 9.53 Å². The zero-order valence-electron chi connectivity index (χ0n) is 9.71. The molecule has 2 heteroatoms. The van der Waals surface area contributed by atoms with E-state index in [9.17, 15) is 4.79 Å². The standard InChI is InChI=1S/C13H20O2/c1-3-15-13(14)10-6-9-12-8-5-4-7-11(12)2/h6,11H,3-5,7-8,10H2,1-2H3. The highest BCUT2D eigenvalue weighted by atomic mass is 16.5. The summed E-state index contributed by atoms with van der Waals surface area (Å²) in [5, 5.41) is 0. The van der Waals surface area contributed by atoms with Crippen molar-refractivity contribution in [2.75, 3.05) is 6.61 Å². The highest BCUT2D eigenvalue weighted by Gasteiger charge is 2.12. The summed E-state index contributed by atoms with van der Waals surface area (Å²) >= 11 is 0. The summed E-state index contributed by atoms with van der Waals surface area (Å²) in [4.78, 5) is 11.1. The van der Waals surface area contributed by atoms with Gasteiger partial charge in [-0.2, -0.15) is 0 Å². The van der Waals surface area contributed by atoms with E-state index in [4.69, 9.17) is 4.74 Å². The maximum absolute atomic E-state index is 11.1. The zero-order chi connectivity index (χ0) is 11.1. The van der Waals surface area contributed by atoms with Gasteiger partial charge in [-0.25, -0.2) is 0 Å². The van der Waals surface area contributed by atoms with Crippen LogP contribution in [0.3, 0.4) is 0 Å². The van der Waals surface area contributed by atoms with E-state index in [2.05, 4.69) is 12.7 Å². The molecular weight excluding hydrogens is 188 g/mol. The Morgan fingerprint density at radius 3 is 3.07 bits per heavy atom. The normalized spacial score (nSPS) is 20.7. The molecule has 1 fully saturated rings. The average molecular weight is 208 g/mol. The van der Waals surface area contributed by atoms with Crippen molar-refractivity contribution >= 4 is 5.97 Å². The minimum absolute atomic E-state index is 0.158. The fraction of sp³-hybridized carbons (Fsp3) is 0.692. The van der Waals surface area contributed by atoms with Gasteiger partial charge in [0.05, 0.1) is 13.0 Å². The topological polar surface area (TPSA) is 26.3 Å². The minimum Gasteiger partial charge on any atom is -0.466 e. The lowest BCUT2D eigenvalue weighted by Gasteiger charge is -2.19. The average Bonchev–Trinajstić information content (AvgIpc) is 2.21. The molecule has 84 valence electrons. The summed E-state index contributed by atoms with van der Waals surface area (Å²) in [6.45, 7) is 4.52. The predicted octanol–water partition coefficient (Wildman–Crippen LogP) is 3.23. The van der Waals surface area contributed by atoms with Crippen molar-refractivity contribution in [3.63, 3.8) is 0 Å². The van der Waals surface area contributed by atoms with Crippen molar-refractivity contribution in [2.45, 2.75) is 46.0 Å². The number of hydrogen-bond donors (Lipinski definition) is 0. The van der Waals surface area contributed by atoms with Crippen LogP contribution in [0.4, 0.5) is 0 Å². The number of carbonyl (C=O) groups is 1. The Balaban J connectivity index is 2.46. The second kappa shape index (κ2) is 6.47. The lowest BCUT2D eigenvalue weighted by Crippen LogP contribution is -2.05. The van der Waals surface area contributed by atoms with E-state index in [1.54, 1.807) is 0 Å². The van der Waals surface area contributed by atoms with Gasteiger partial charge >= 0.3 is 5.97 Å². The van der Waals surface area contributed by atoms with E-state index in [0.29, 0.717) is 18.9 Å². The molecule has 1 unspecified atom stereocenters. The SMILES string of the molecule is CCOC(=O)CC=C=C1CCCCC1C. The van der Waals surface area contributed by atoms with E-state index in [1.165, 1.54) is 24.8 Å². The molecule has 0 aromatic carbocycles. The quantitative estimate of drug-likeness (QED) is 0.525. The third kappa shape index (κ3) is 4.35. The monoisotopic (exact) mass is 208 g/mol. The third-order valence-corrected chi connectivity index (χ3v) is 2.79. The van der Waals surface area contributed by atoms with Crippen molar-refractivity contribution in [1.82, 2.24) is 0 Å². The van der Waals surface area contributed by atoms with Crippen LogP contribution in [0.1, 0.15) is 46.0 Å². The van der Waals surface area contributed by atoms with E-state index >= 15 is 0 Å². The van der Waals surface area contributed by atoms with Crippen LogP contribution in [0.2, 0.25) is 0 Å². The second-order valence-electron chi connectivity index (χ2n) is 4.03. The first-order chi connectivity index (χ1) is 7.24. The first-order valence-electron chi connectivity index (χ1n) is 5.83. The lowest BCUT2D eigenvalue weighted by atomic mass is 9.86. The van der Waals surface area contributed by atoms with Gasteiger partial charge in [-0.15, -0.1) is 5.73 Å². The Bertz CT molecular complexity index is 272. The molecule has 0 bridgehead atoms. The van der Waals surface area contributed by atoms with Crippen molar-refractivity contribution in [2.24, 2.45) is 5.92 Å². The van der Waals surface area contributed by atoms with Crippen LogP contribution in [0.15, 0.2) is 17.4 Å². The fourth-order valence-electron chi connectivity index (χ4n) is 1.89. The van der Waals surface area contributed by atoms with Crippen LogP contribution in [-0.4, -0.2) is 12.6 Å². The van der Waals surface area contributed by atoms with Crippen LogP contribution in [0.5, 0.6) is 0 Å². The number of carbonyl (C=O) groups excluding carboxylic acids is 1. The maximum atomic E-state index is 11.1. The van der Waals surface area contributed by atoms with Gasteiger partial charge in [0.2, 0.25) is 0 Å². The number of rotatable bonds is 3. The zero-order valence-corrected chi connectivity index (χ0v) is 9.71.